The number of nitrogens with one attached hydrogen (secondary N) is 2. The van der Waals surface area contributed by atoms with E-state index in [-0.39, 0.29) is 5.02 Å². The highest BCUT2D eigenvalue weighted by Crippen LogP contribution is 2.19. The number of likely N-dealkylation sites (tertiary alicyclic amines) is 1. The van der Waals surface area contributed by atoms with E-state index in [1.54, 1.807) is 6.07 Å². The molecule has 1 atom stereocenters. The second-order valence-electron chi connectivity index (χ2n) is 4.89. The zero-order valence-corrected chi connectivity index (χ0v) is 13.0. The number of hydrogen-bond acceptors (Lipinski definition) is 2. The fourth-order valence-corrected chi connectivity index (χ4v) is 2.88. The highest BCUT2D eigenvalue weighted by molar-refractivity contribution is 7.80. The molecule has 110 valence electrons. The molecule has 6 heteroatoms. The molecular formula is C14H19ClFN3S. The van der Waals surface area contributed by atoms with Gasteiger partial charge in [0.1, 0.15) is 5.82 Å². The molecule has 1 fully saturated rings. The van der Waals surface area contributed by atoms with E-state index in [4.69, 9.17) is 23.8 Å². The third-order valence-corrected chi connectivity index (χ3v) is 4.12. The quantitative estimate of drug-likeness (QED) is 0.834. The van der Waals surface area contributed by atoms with E-state index in [0.29, 0.717) is 16.8 Å². The molecule has 0 radical (unpaired) electrons. The summed E-state index contributed by atoms with van der Waals surface area (Å²) in [6, 6.07) is 5.00. The molecule has 2 N–H and O–H groups in total. The van der Waals surface area contributed by atoms with Crippen LogP contribution in [0.25, 0.3) is 0 Å². The van der Waals surface area contributed by atoms with E-state index in [2.05, 4.69) is 22.5 Å². The second kappa shape index (κ2) is 7.20. The maximum absolute atomic E-state index is 13.1. The number of nitrogens with zero attached hydrogens (tertiary/aromatic N) is 1. The van der Waals surface area contributed by atoms with Crippen LogP contribution in [0.2, 0.25) is 5.02 Å². The molecule has 1 heterocycles. The molecule has 1 saturated heterocycles. The van der Waals surface area contributed by atoms with E-state index in [9.17, 15) is 4.39 Å². The summed E-state index contributed by atoms with van der Waals surface area (Å²) in [5, 5.41) is 6.86. The molecule has 1 aliphatic rings. The minimum Gasteiger partial charge on any atom is -0.361 e. The summed E-state index contributed by atoms with van der Waals surface area (Å²) in [5.41, 5.74) is 0.688. The number of likely N-dealkylation sites (N-methyl/N-ethyl adjacent to an activating group) is 1. The average Bonchev–Trinajstić information content (AvgIpc) is 2.88. The number of halogens is 2. The summed E-state index contributed by atoms with van der Waals surface area (Å²) in [6.45, 7) is 5.24. The van der Waals surface area contributed by atoms with Gasteiger partial charge in [0.25, 0.3) is 0 Å². The first-order chi connectivity index (χ1) is 9.60. The van der Waals surface area contributed by atoms with Gasteiger partial charge >= 0.3 is 0 Å². The summed E-state index contributed by atoms with van der Waals surface area (Å²) in [7, 11) is 0. The molecule has 1 unspecified atom stereocenters. The van der Waals surface area contributed by atoms with Crippen molar-refractivity contribution in [1.82, 2.24) is 10.2 Å². The monoisotopic (exact) mass is 315 g/mol. The Morgan fingerprint density at radius 2 is 2.35 bits per heavy atom. The van der Waals surface area contributed by atoms with Gasteiger partial charge in [-0.2, -0.15) is 0 Å². The van der Waals surface area contributed by atoms with Gasteiger partial charge in [0.2, 0.25) is 0 Å². The Bertz CT molecular complexity index is 483. The normalized spacial score (nSPS) is 19.1. The van der Waals surface area contributed by atoms with Crippen LogP contribution in [-0.4, -0.2) is 35.7 Å². The highest BCUT2D eigenvalue weighted by atomic mass is 35.5. The summed E-state index contributed by atoms with van der Waals surface area (Å²) in [5.74, 6) is -0.430. The molecule has 0 bridgehead atoms. The van der Waals surface area contributed by atoms with Crippen molar-refractivity contribution in [1.29, 1.82) is 0 Å². The third-order valence-electron chi connectivity index (χ3n) is 3.58. The predicted molar refractivity (Wildman–Crippen MR) is 85.9 cm³/mol. The molecule has 2 rings (SSSR count). The van der Waals surface area contributed by atoms with Gasteiger partial charge in [0.05, 0.1) is 5.02 Å². The first-order valence-electron chi connectivity index (χ1n) is 6.84. The van der Waals surface area contributed by atoms with Crippen molar-refractivity contribution in [2.75, 3.05) is 25.0 Å². The van der Waals surface area contributed by atoms with E-state index < -0.39 is 5.82 Å². The Balaban J connectivity index is 1.81. The Labute approximate surface area is 129 Å². The second-order valence-corrected chi connectivity index (χ2v) is 5.70. The highest BCUT2D eigenvalue weighted by Gasteiger charge is 2.22. The van der Waals surface area contributed by atoms with Crippen LogP contribution < -0.4 is 10.6 Å². The van der Waals surface area contributed by atoms with Gasteiger partial charge in [0.15, 0.2) is 5.11 Å². The van der Waals surface area contributed by atoms with E-state index >= 15 is 0 Å². The van der Waals surface area contributed by atoms with Gasteiger partial charge in [-0.3, -0.25) is 4.90 Å². The van der Waals surface area contributed by atoms with Crippen LogP contribution >= 0.6 is 23.8 Å². The van der Waals surface area contributed by atoms with E-state index in [0.717, 1.165) is 19.6 Å². The molecule has 0 aromatic heterocycles. The first kappa shape index (κ1) is 15.5. The smallest absolute Gasteiger partial charge is 0.170 e. The van der Waals surface area contributed by atoms with E-state index in [1.807, 2.05) is 0 Å². The topological polar surface area (TPSA) is 27.3 Å². The molecule has 1 aromatic rings. The molecular weight excluding hydrogens is 297 g/mol. The number of anilines is 1. The lowest BCUT2D eigenvalue weighted by atomic mass is 10.2. The molecule has 0 aliphatic carbocycles. The average molecular weight is 316 g/mol. The van der Waals surface area contributed by atoms with Crippen molar-refractivity contribution in [2.45, 2.75) is 25.8 Å². The van der Waals surface area contributed by atoms with Crippen molar-refractivity contribution in [3.05, 3.63) is 29.0 Å². The Morgan fingerprint density at radius 3 is 3.05 bits per heavy atom. The zero-order chi connectivity index (χ0) is 14.5. The lowest BCUT2D eigenvalue weighted by Crippen LogP contribution is -2.41. The Hall–Kier alpha value is -0.910. The van der Waals surface area contributed by atoms with Crippen LogP contribution in [0.3, 0.4) is 0 Å². The van der Waals surface area contributed by atoms with Crippen LogP contribution in [0.15, 0.2) is 18.2 Å². The number of hydrogen-bond donors (Lipinski definition) is 2. The minimum atomic E-state index is -0.430. The van der Waals surface area contributed by atoms with Crippen LogP contribution in [0.5, 0.6) is 0 Å². The van der Waals surface area contributed by atoms with Gasteiger partial charge in [-0.1, -0.05) is 18.5 Å². The van der Waals surface area contributed by atoms with E-state index in [1.165, 1.54) is 25.0 Å². The molecule has 1 aliphatic heterocycles. The number of benzene rings is 1. The van der Waals surface area contributed by atoms with Gasteiger partial charge in [0, 0.05) is 18.3 Å². The summed E-state index contributed by atoms with van der Waals surface area (Å²) >= 11 is 11.0. The summed E-state index contributed by atoms with van der Waals surface area (Å²) in [6.07, 6.45) is 2.44. The van der Waals surface area contributed by atoms with Gasteiger partial charge in [-0.25, -0.2) is 4.39 Å². The van der Waals surface area contributed by atoms with Gasteiger partial charge in [-0.05, 0) is 56.3 Å². The van der Waals surface area contributed by atoms with Crippen molar-refractivity contribution in [3.8, 4) is 0 Å². The molecule has 1 aromatic carbocycles. The molecule has 3 nitrogen and oxygen atoms in total. The molecule has 20 heavy (non-hydrogen) atoms. The largest absolute Gasteiger partial charge is 0.361 e. The summed E-state index contributed by atoms with van der Waals surface area (Å²) in [4.78, 5) is 2.45. The fraction of sp³-hybridized carbons (Fsp3) is 0.500. The fourth-order valence-electron chi connectivity index (χ4n) is 2.50. The zero-order valence-electron chi connectivity index (χ0n) is 11.5. The van der Waals surface area contributed by atoms with Crippen molar-refractivity contribution >= 4 is 34.6 Å². The maximum atomic E-state index is 13.1. The lowest BCUT2D eigenvalue weighted by Gasteiger charge is -2.23. The van der Waals surface area contributed by atoms with Gasteiger partial charge in [-0.15, -0.1) is 0 Å². The standard InChI is InChI=1S/C14H19ClFN3S/c1-2-19-7-3-4-11(19)9-17-14(20)18-10-5-6-13(16)12(15)8-10/h5-6,8,11H,2-4,7,9H2,1H3,(H2,17,18,20). The SMILES string of the molecule is CCN1CCCC1CNC(=S)Nc1ccc(F)c(Cl)c1. The predicted octanol–water partition coefficient (Wildman–Crippen LogP) is 3.25. The van der Waals surface area contributed by atoms with Gasteiger partial charge < -0.3 is 10.6 Å². The molecule has 0 spiro atoms. The van der Waals surface area contributed by atoms with Crippen molar-refractivity contribution in [3.63, 3.8) is 0 Å². The van der Waals surface area contributed by atoms with Crippen molar-refractivity contribution < 1.29 is 4.39 Å². The third kappa shape index (κ3) is 4.04. The Morgan fingerprint density at radius 1 is 1.55 bits per heavy atom. The summed E-state index contributed by atoms with van der Waals surface area (Å²) < 4.78 is 13.1. The number of rotatable bonds is 4. The lowest BCUT2D eigenvalue weighted by molar-refractivity contribution is 0.267. The minimum absolute atomic E-state index is 0.0887. The van der Waals surface area contributed by atoms with Crippen molar-refractivity contribution in [2.24, 2.45) is 0 Å². The van der Waals surface area contributed by atoms with Crippen LogP contribution in [0.1, 0.15) is 19.8 Å². The Kier molecular flexibility index (Phi) is 5.57. The molecule has 0 amide bonds. The molecule has 0 saturated carbocycles. The first-order valence-corrected chi connectivity index (χ1v) is 7.62. The van der Waals surface area contributed by atoms with Crippen LogP contribution in [0, 0.1) is 5.82 Å². The maximum Gasteiger partial charge on any atom is 0.170 e. The van der Waals surface area contributed by atoms with Crippen LogP contribution in [-0.2, 0) is 0 Å². The van der Waals surface area contributed by atoms with Crippen LogP contribution in [0.4, 0.5) is 10.1 Å². The number of thiocarbonyl (C=S) groups is 1.